The van der Waals surface area contributed by atoms with Crippen LogP contribution in [-0.4, -0.2) is 51.4 Å². The Labute approximate surface area is 202 Å². The SMILES string of the molecule is CNC(C)C(=O)Nc1cc(-c2cccc3nc(C)c(C)n23)cc(NC(=O)c2ccc(OC)cn2)n1. The Balaban J connectivity index is 1.76. The summed E-state index contributed by atoms with van der Waals surface area (Å²) in [6.07, 6.45) is 1.47. The second-order valence-electron chi connectivity index (χ2n) is 8.05. The Bertz CT molecular complexity index is 1400. The topological polar surface area (TPSA) is 123 Å². The number of rotatable bonds is 7. The van der Waals surface area contributed by atoms with Crippen LogP contribution >= 0.6 is 0 Å². The lowest BCUT2D eigenvalue weighted by Crippen LogP contribution is -2.35. The summed E-state index contributed by atoms with van der Waals surface area (Å²) in [5, 5.41) is 8.51. The Morgan fingerprint density at radius 2 is 1.77 bits per heavy atom. The third-order valence-corrected chi connectivity index (χ3v) is 5.76. The Hall–Kier alpha value is -4.31. The van der Waals surface area contributed by atoms with Crippen molar-refractivity contribution in [1.82, 2.24) is 24.7 Å². The number of aryl methyl sites for hydroxylation is 2. The van der Waals surface area contributed by atoms with E-state index in [9.17, 15) is 9.59 Å². The van der Waals surface area contributed by atoms with Crippen molar-refractivity contribution < 1.29 is 14.3 Å². The van der Waals surface area contributed by atoms with Crippen molar-refractivity contribution in [2.45, 2.75) is 26.8 Å². The number of anilines is 2. The van der Waals surface area contributed by atoms with Crippen molar-refractivity contribution in [3.63, 3.8) is 0 Å². The van der Waals surface area contributed by atoms with Gasteiger partial charge in [-0.1, -0.05) is 6.07 Å². The molecule has 180 valence electrons. The van der Waals surface area contributed by atoms with Crippen LogP contribution in [0, 0.1) is 13.8 Å². The molecule has 0 spiro atoms. The molecule has 10 nitrogen and oxygen atoms in total. The van der Waals surface area contributed by atoms with E-state index in [1.54, 1.807) is 38.2 Å². The molecule has 0 aliphatic heterocycles. The van der Waals surface area contributed by atoms with E-state index in [2.05, 4.69) is 30.9 Å². The Morgan fingerprint density at radius 1 is 1.03 bits per heavy atom. The molecule has 4 rings (SSSR count). The van der Waals surface area contributed by atoms with Crippen LogP contribution in [0.25, 0.3) is 16.9 Å². The number of aromatic nitrogens is 4. The molecular weight excluding hydrogens is 446 g/mol. The molecule has 0 bridgehead atoms. The monoisotopic (exact) mass is 473 g/mol. The highest BCUT2D eigenvalue weighted by atomic mass is 16.5. The van der Waals surface area contributed by atoms with Gasteiger partial charge < -0.3 is 20.7 Å². The molecule has 1 atom stereocenters. The number of carbonyl (C=O) groups excluding carboxylic acids is 2. The van der Waals surface area contributed by atoms with Crippen LogP contribution in [0.3, 0.4) is 0 Å². The number of amides is 2. The van der Waals surface area contributed by atoms with Crippen LogP contribution in [0.1, 0.15) is 28.8 Å². The predicted octanol–water partition coefficient (Wildman–Crippen LogP) is 3.22. The van der Waals surface area contributed by atoms with E-state index in [0.717, 1.165) is 28.3 Å². The number of ether oxygens (including phenoxy) is 1. The molecule has 10 heteroatoms. The largest absolute Gasteiger partial charge is 0.495 e. The number of nitrogens with zero attached hydrogens (tertiary/aromatic N) is 4. The minimum Gasteiger partial charge on any atom is -0.495 e. The fraction of sp³-hybridized carbons (Fsp3) is 0.240. The van der Waals surface area contributed by atoms with Gasteiger partial charge in [0, 0.05) is 11.3 Å². The zero-order valence-electron chi connectivity index (χ0n) is 20.2. The van der Waals surface area contributed by atoms with Gasteiger partial charge in [-0.3, -0.25) is 14.0 Å². The molecule has 0 aliphatic rings. The summed E-state index contributed by atoms with van der Waals surface area (Å²) < 4.78 is 7.13. The molecule has 4 aromatic rings. The molecule has 2 amide bonds. The number of carbonyl (C=O) groups is 2. The van der Waals surface area contributed by atoms with E-state index in [-0.39, 0.29) is 17.4 Å². The van der Waals surface area contributed by atoms with Gasteiger partial charge in [-0.2, -0.15) is 0 Å². The quantitative estimate of drug-likeness (QED) is 0.377. The van der Waals surface area contributed by atoms with Crippen LogP contribution in [0.15, 0.2) is 48.7 Å². The van der Waals surface area contributed by atoms with E-state index in [0.29, 0.717) is 11.6 Å². The highest BCUT2D eigenvalue weighted by Gasteiger charge is 2.17. The highest BCUT2D eigenvalue weighted by molar-refractivity contribution is 6.03. The van der Waals surface area contributed by atoms with Crippen LogP contribution in [0.4, 0.5) is 11.6 Å². The lowest BCUT2D eigenvalue weighted by Gasteiger charge is -2.15. The molecule has 0 saturated heterocycles. The lowest BCUT2D eigenvalue weighted by molar-refractivity contribution is -0.117. The summed E-state index contributed by atoms with van der Waals surface area (Å²) in [4.78, 5) is 38.6. The standard InChI is InChI=1S/C25H27N7O3/c1-14-16(3)32-20(7-6-8-23(32)28-14)17-11-21(30-24(33)15(2)26-4)29-22(12-17)31-25(34)19-10-9-18(35-5)13-27-19/h6-13,15,26H,1-5H3,(H2,29,30,31,33,34). The molecule has 0 aliphatic carbocycles. The van der Waals surface area contributed by atoms with Crippen LogP contribution in [-0.2, 0) is 4.79 Å². The van der Waals surface area contributed by atoms with Crippen molar-refractivity contribution in [3.05, 3.63) is 65.7 Å². The van der Waals surface area contributed by atoms with Gasteiger partial charge in [-0.15, -0.1) is 0 Å². The number of hydrogen-bond donors (Lipinski definition) is 3. The minimum atomic E-state index is -0.439. The summed E-state index contributed by atoms with van der Waals surface area (Å²) >= 11 is 0. The fourth-order valence-electron chi connectivity index (χ4n) is 3.57. The van der Waals surface area contributed by atoms with Gasteiger partial charge in [0.15, 0.2) is 0 Å². The van der Waals surface area contributed by atoms with Gasteiger partial charge in [-0.25, -0.2) is 15.0 Å². The van der Waals surface area contributed by atoms with Gasteiger partial charge in [-0.05, 0) is 64.2 Å². The highest BCUT2D eigenvalue weighted by Crippen LogP contribution is 2.28. The minimum absolute atomic E-state index is 0.204. The first kappa shape index (κ1) is 23.8. The van der Waals surface area contributed by atoms with Gasteiger partial charge in [0.2, 0.25) is 5.91 Å². The van der Waals surface area contributed by atoms with E-state index in [1.807, 2.05) is 36.4 Å². The number of pyridine rings is 3. The Morgan fingerprint density at radius 3 is 2.43 bits per heavy atom. The third-order valence-electron chi connectivity index (χ3n) is 5.76. The first-order chi connectivity index (χ1) is 16.8. The van der Waals surface area contributed by atoms with E-state index < -0.39 is 11.9 Å². The maximum absolute atomic E-state index is 12.9. The Kier molecular flexibility index (Phi) is 6.74. The van der Waals surface area contributed by atoms with Crippen molar-refractivity contribution in [3.8, 4) is 17.0 Å². The number of likely N-dealkylation sites (N-methyl/N-ethyl adjacent to an activating group) is 1. The molecule has 1 unspecified atom stereocenters. The van der Waals surface area contributed by atoms with Crippen LogP contribution in [0.5, 0.6) is 5.75 Å². The smallest absolute Gasteiger partial charge is 0.275 e. The van der Waals surface area contributed by atoms with Crippen molar-refractivity contribution >= 4 is 29.1 Å². The summed E-state index contributed by atoms with van der Waals surface area (Å²) in [5.74, 6) is 0.428. The molecule has 0 aromatic carbocycles. The zero-order chi connectivity index (χ0) is 25.1. The second kappa shape index (κ2) is 9.90. The molecule has 4 aromatic heterocycles. The molecule has 0 fully saturated rings. The summed E-state index contributed by atoms with van der Waals surface area (Å²) in [7, 11) is 3.23. The predicted molar refractivity (Wildman–Crippen MR) is 134 cm³/mol. The molecular formula is C25H27N7O3. The molecule has 0 saturated carbocycles. The zero-order valence-corrected chi connectivity index (χ0v) is 20.2. The van der Waals surface area contributed by atoms with E-state index in [1.165, 1.54) is 13.3 Å². The summed E-state index contributed by atoms with van der Waals surface area (Å²) in [6, 6.07) is 12.1. The van der Waals surface area contributed by atoms with E-state index >= 15 is 0 Å². The average molecular weight is 474 g/mol. The fourth-order valence-corrected chi connectivity index (χ4v) is 3.57. The maximum Gasteiger partial charge on any atom is 0.275 e. The third kappa shape index (κ3) is 4.97. The van der Waals surface area contributed by atoms with Gasteiger partial charge >= 0.3 is 0 Å². The van der Waals surface area contributed by atoms with Crippen LogP contribution < -0.4 is 20.7 Å². The number of hydrogen-bond acceptors (Lipinski definition) is 7. The average Bonchev–Trinajstić information content (AvgIpc) is 3.16. The molecule has 3 N–H and O–H groups in total. The van der Waals surface area contributed by atoms with Crippen molar-refractivity contribution in [2.24, 2.45) is 0 Å². The van der Waals surface area contributed by atoms with Gasteiger partial charge in [0.1, 0.15) is 28.7 Å². The van der Waals surface area contributed by atoms with Crippen LogP contribution in [0.2, 0.25) is 0 Å². The number of methoxy groups -OCH3 is 1. The number of nitrogens with one attached hydrogen (secondary N) is 3. The normalized spacial score (nSPS) is 11.8. The number of imidazole rings is 1. The second-order valence-corrected chi connectivity index (χ2v) is 8.05. The van der Waals surface area contributed by atoms with Gasteiger partial charge in [0.25, 0.3) is 5.91 Å². The summed E-state index contributed by atoms with van der Waals surface area (Å²) in [6.45, 7) is 5.70. The lowest BCUT2D eigenvalue weighted by atomic mass is 10.1. The van der Waals surface area contributed by atoms with Crippen molar-refractivity contribution in [2.75, 3.05) is 24.8 Å². The number of fused-ring (bicyclic) bond motifs is 1. The maximum atomic E-state index is 12.9. The first-order valence-electron chi connectivity index (χ1n) is 11.1. The summed E-state index contributed by atoms with van der Waals surface area (Å²) in [5.41, 5.74) is 4.51. The molecule has 35 heavy (non-hydrogen) atoms. The molecule has 4 heterocycles. The first-order valence-corrected chi connectivity index (χ1v) is 11.1. The van der Waals surface area contributed by atoms with Gasteiger partial charge in [0.05, 0.1) is 30.7 Å². The van der Waals surface area contributed by atoms with E-state index in [4.69, 9.17) is 4.74 Å². The molecule has 0 radical (unpaired) electrons. The van der Waals surface area contributed by atoms with Crippen molar-refractivity contribution in [1.29, 1.82) is 0 Å².